The van der Waals surface area contributed by atoms with Gasteiger partial charge in [-0.05, 0) is 77.1 Å². The van der Waals surface area contributed by atoms with Crippen molar-refractivity contribution in [2.24, 2.45) is 0 Å². The van der Waals surface area contributed by atoms with Gasteiger partial charge in [-0.3, -0.25) is 9.10 Å². The van der Waals surface area contributed by atoms with Crippen LogP contribution in [0.1, 0.15) is 40.2 Å². The smallest absolute Gasteiger partial charge is 0.255 e. The van der Waals surface area contributed by atoms with Gasteiger partial charge in [0, 0.05) is 28.5 Å². The molecule has 0 aliphatic heterocycles. The van der Waals surface area contributed by atoms with E-state index in [2.05, 4.69) is 21.2 Å². The van der Waals surface area contributed by atoms with Crippen molar-refractivity contribution in [1.82, 2.24) is 5.32 Å². The number of anilines is 1. The maximum absolute atomic E-state index is 13.7. The van der Waals surface area contributed by atoms with E-state index < -0.39 is 15.8 Å². The average Bonchev–Trinajstić information content (AvgIpc) is 3.72. The molecule has 1 saturated carbocycles. The van der Waals surface area contributed by atoms with Crippen LogP contribution in [0.25, 0.3) is 33.1 Å². The zero-order chi connectivity index (χ0) is 28.2. The first-order valence-corrected chi connectivity index (χ1v) is 15.5. The average molecular weight is 622 g/mol. The molecule has 0 radical (unpaired) electrons. The molecule has 1 aliphatic rings. The molecule has 1 fully saturated rings. The van der Waals surface area contributed by atoms with Gasteiger partial charge in [0.05, 0.1) is 24.1 Å². The highest BCUT2D eigenvalue weighted by Gasteiger charge is 2.33. The highest BCUT2D eigenvalue weighted by atomic mass is 79.9. The zero-order valence-corrected chi connectivity index (χ0v) is 24.3. The minimum Gasteiger partial charge on any atom is -0.455 e. The lowest BCUT2D eigenvalue weighted by Crippen LogP contribution is -2.30. The van der Waals surface area contributed by atoms with E-state index in [4.69, 9.17) is 4.42 Å². The normalized spacial score (nSPS) is 13.6. The van der Waals surface area contributed by atoms with Crippen LogP contribution >= 0.6 is 15.9 Å². The Balaban J connectivity index is 1.56. The summed E-state index contributed by atoms with van der Waals surface area (Å²) in [6.07, 6.45) is 3.06. The number of nitrogens with zero attached hydrogens (tertiary/aromatic N) is 1. The number of nitrogens with one attached hydrogen (secondary N) is 1. The Kier molecular flexibility index (Phi) is 6.67. The second-order valence-corrected chi connectivity index (χ2v) is 12.9. The molecule has 0 saturated heterocycles. The fourth-order valence-electron chi connectivity index (χ4n) is 5.24. The van der Waals surface area contributed by atoms with Gasteiger partial charge in [0.25, 0.3) is 5.91 Å². The third-order valence-corrected chi connectivity index (χ3v) is 9.18. The van der Waals surface area contributed by atoms with Crippen LogP contribution in [-0.4, -0.2) is 27.6 Å². The van der Waals surface area contributed by atoms with Crippen LogP contribution in [0.2, 0.25) is 0 Å². The Bertz CT molecular complexity index is 1900. The zero-order valence-electron chi connectivity index (χ0n) is 21.9. The number of benzene rings is 4. The number of hydrogen-bond donors (Lipinski definition) is 1. The highest BCUT2D eigenvalue weighted by Crippen LogP contribution is 2.48. The van der Waals surface area contributed by atoms with Crippen molar-refractivity contribution in [3.05, 3.63) is 99.8 Å². The largest absolute Gasteiger partial charge is 0.455 e. The Labute approximate surface area is 240 Å². The van der Waals surface area contributed by atoms with Gasteiger partial charge < -0.3 is 9.73 Å². The quantitative estimate of drug-likeness (QED) is 0.206. The maximum atomic E-state index is 13.7. The molecule has 9 heteroatoms. The lowest BCUT2D eigenvalue weighted by molar-refractivity contribution is 0.0964. The molecule has 6 rings (SSSR count). The third-order valence-electron chi connectivity index (χ3n) is 7.36. The van der Waals surface area contributed by atoms with Crippen molar-refractivity contribution in [2.45, 2.75) is 25.3 Å². The molecule has 1 heterocycles. The number of fused-ring (bicyclic) bond motifs is 2. The SMILES string of the molecule is CNC(=O)c1c(-c2ccc(F)cc2)oc2cc(N(Cc3ccc(Br)c4ccccc34)S(C)(=O)=O)c(C3CC3)cc12. The van der Waals surface area contributed by atoms with Gasteiger partial charge in [-0.25, -0.2) is 12.8 Å². The molecule has 1 aliphatic carbocycles. The van der Waals surface area contributed by atoms with Crippen molar-refractivity contribution in [2.75, 3.05) is 17.6 Å². The van der Waals surface area contributed by atoms with Crippen LogP contribution in [0.4, 0.5) is 10.1 Å². The third kappa shape index (κ3) is 4.77. The van der Waals surface area contributed by atoms with Crippen LogP contribution in [0.15, 0.2) is 81.7 Å². The van der Waals surface area contributed by atoms with Gasteiger partial charge in [0.15, 0.2) is 0 Å². The molecule has 5 aromatic rings. The fraction of sp³-hybridized carbons (Fsp3) is 0.194. The number of hydrogen-bond acceptors (Lipinski definition) is 4. The van der Waals surface area contributed by atoms with Crippen molar-refractivity contribution >= 4 is 59.3 Å². The van der Waals surface area contributed by atoms with E-state index in [9.17, 15) is 17.6 Å². The van der Waals surface area contributed by atoms with Gasteiger partial charge in [-0.2, -0.15) is 0 Å². The number of halogens is 2. The number of sulfonamides is 1. The summed E-state index contributed by atoms with van der Waals surface area (Å²) < 4.78 is 48.9. The van der Waals surface area contributed by atoms with E-state index in [1.807, 2.05) is 42.5 Å². The molecule has 1 N–H and O–H groups in total. The minimum absolute atomic E-state index is 0.131. The summed E-state index contributed by atoms with van der Waals surface area (Å²) in [5.41, 5.74) is 3.52. The minimum atomic E-state index is -3.71. The standard InChI is InChI=1S/C31H26BrFN2O4S/c1-34-31(36)29-25-15-24(18-7-8-18)27(16-28(25)39-30(29)19-9-12-21(33)13-10-19)35(40(2,37)38)17-20-11-14-26(32)23-6-4-3-5-22(20)23/h3-6,9-16,18H,7-8,17H2,1-2H3,(H,34,36). The van der Waals surface area contributed by atoms with Crippen LogP contribution in [0.5, 0.6) is 0 Å². The molecule has 4 aromatic carbocycles. The molecule has 204 valence electrons. The summed E-state index contributed by atoms with van der Waals surface area (Å²) in [7, 11) is -2.17. The van der Waals surface area contributed by atoms with E-state index in [1.165, 1.54) is 22.7 Å². The lowest BCUT2D eigenvalue weighted by Gasteiger charge is -2.26. The van der Waals surface area contributed by atoms with Crippen molar-refractivity contribution in [1.29, 1.82) is 0 Å². The Morgan fingerprint density at radius 3 is 2.38 bits per heavy atom. The number of furan rings is 1. The number of carbonyl (C=O) groups is 1. The Morgan fingerprint density at radius 1 is 1.02 bits per heavy atom. The van der Waals surface area contributed by atoms with Crippen LogP contribution in [0, 0.1) is 5.82 Å². The predicted octanol–water partition coefficient (Wildman–Crippen LogP) is 7.36. The van der Waals surface area contributed by atoms with Gasteiger partial charge in [0.2, 0.25) is 10.0 Å². The van der Waals surface area contributed by atoms with E-state index in [-0.39, 0.29) is 18.4 Å². The molecule has 40 heavy (non-hydrogen) atoms. The van der Waals surface area contributed by atoms with Gasteiger partial charge in [-0.1, -0.05) is 46.3 Å². The monoisotopic (exact) mass is 620 g/mol. The van der Waals surface area contributed by atoms with Crippen molar-refractivity contribution in [3.63, 3.8) is 0 Å². The first kappa shape index (κ1) is 26.5. The lowest BCUT2D eigenvalue weighted by atomic mass is 10.00. The molecular weight excluding hydrogens is 595 g/mol. The topological polar surface area (TPSA) is 79.6 Å². The molecule has 0 unspecified atom stereocenters. The van der Waals surface area contributed by atoms with Crippen LogP contribution in [-0.2, 0) is 16.6 Å². The highest BCUT2D eigenvalue weighted by molar-refractivity contribution is 9.10. The predicted molar refractivity (Wildman–Crippen MR) is 160 cm³/mol. The molecule has 0 atom stereocenters. The summed E-state index contributed by atoms with van der Waals surface area (Å²) in [5, 5.41) is 5.22. The van der Waals surface area contributed by atoms with Gasteiger partial charge >= 0.3 is 0 Å². The summed E-state index contributed by atoms with van der Waals surface area (Å²) in [5.74, 6) is -0.261. The maximum Gasteiger partial charge on any atom is 0.255 e. The second kappa shape index (κ2) is 10.1. The van der Waals surface area contributed by atoms with E-state index in [1.54, 1.807) is 25.2 Å². The van der Waals surface area contributed by atoms with Crippen LogP contribution in [0.3, 0.4) is 0 Å². The fourth-order valence-corrected chi connectivity index (χ4v) is 6.61. The molecule has 1 amide bonds. The first-order chi connectivity index (χ1) is 19.2. The summed E-state index contributed by atoms with van der Waals surface area (Å²) >= 11 is 3.60. The summed E-state index contributed by atoms with van der Waals surface area (Å²) in [6.45, 7) is 0.131. The van der Waals surface area contributed by atoms with Gasteiger partial charge in [-0.15, -0.1) is 0 Å². The number of amides is 1. The summed E-state index contributed by atoms with van der Waals surface area (Å²) in [6, 6.07) is 21.1. The van der Waals surface area contributed by atoms with Gasteiger partial charge in [0.1, 0.15) is 17.2 Å². The van der Waals surface area contributed by atoms with Crippen molar-refractivity contribution < 1.29 is 22.0 Å². The molecule has 0 spiro atoms. The number of rotatable bonds is 7. The van der Waals surface area contributed by atoms with E-state index in [0.29, 0.717) is 33.5 Å². The molecular formula is C31H26BrFN2O4S. The van der Waals surface area contributed by atoms with E-state index in [0.717, 1.165) is 39.2 Å². The molecule has 6 nitrogen and oxygen atoms in total. The number of carbonyl (C=O) groups excluding carboxylic acids is 1. The molecule has 0 bridgehead atoms. The Hall–Kier alpha value is -3.69. The summed E-state index contributed by atoms with van der Waals surface area (Å²) in [4.78, 5) is 13.1. The molecule has 1 aromatic heterocycles. The van der Waals surface area contributed by atoms with Crippen LogP contribution < -0.4 is 9.62 Å². The Morgan fingerprint density at radius 2 is 1.73 bits per heavy atom. The van der Waals surface area contributed by atoms with Crippen molar-refractivity contribution in [3.8, 4) is 11.3 Å². The first-order valence-electron chi connectivity index (χ1n) is 12.9. The van der Waals surface area contributed by atoms with E-state index >= 15 is 0 Å². The second-order valence-electron chi connectivity index (χ2n) is 10.1.